The van der Waals surface area contributed by atoms with E-state index in [0.29, 0.717) is 23.6 Å². The first kappa shape index (κ1) is 18.5. The van der Waals surface area contributed by atoms with Crippen LogP contribution in [0.4, 0.5) is 10.1 Å². The van der Waals surface area contributed by atoms with Crippen LogP contribution in [-0.2, 0) is 6.54 Å². The number of anilines is 1. The Morgan fingerprint density at radius 2 is 1.96 bits per heavy atom. The molecule has 27 heavy (non-hydrogen) atoms. The van der Waals surface area contributed by atoms with E-state index >= 15 is 0 Å². The number of nitriles is 1. The second-order valence-corrected chi connectivity index (χ2v) is 6.28. The van der Waals surface area contributed by atoms with Crippen LogP contribution in [0.2, 0.25) is 0 Å². The van der Waals surface area contributed by atoms with Crippen molar-refractivity contribution in [2.75, 3.05) is 38.1 Å². The lowest BCUT2D eigenvalue weighted by atomic mass is 10.1. The topological polar surface area (TPSA) is 74.9 Å². The van der Waals surface area contributed by atoms with Crippen molar-refractivity contribution in [3.05, 3.63) is 59.4 Å². The van der Waals surface area contributed by atoms with E-state index in [1.165, 1.54) is 6.07 Å². The number of nitrogens with one attached hydrogen (secondary N) is 1. The molecule has 2 aromatic rings. The highest BCUT2D eigenvalue weighted by Crippen LogP contribution is 2.27. The van der Waals surface area contributed by atoms with Crippen LogP contribution in [0.5, 0.6) is 5.75 Å². The molecule has 1 fully saturated rings. The van der Waals surface area contributed by atoms with Gasteiger partial charge in [0.15, 0.2) is 5.96 Å². The molecular weight excluding hydrogens is 345 g/mol. The zero-order valence-electron chi connectivity index (χ0n) is 15.2. The first-order chi connectivity index (χ1) is 13.1. The molecule has 0 aliphatic carbocycles. The van der Waals surface area contributed by atoms with E-state index in [1.54, 1.807) is 25.2 Å². The molecule has 0 unspecified atom stereocenters. The Kier molecular flexibility index (Phi) is 5.77. The molecule has 0 bridgehead atoms. The molecule has 7 heteroatoms. The fourth-order valence-corrected chi connectivity index (χ4v) is 3.16. The lowest BCUT2D eigenvalue weighted by Crippen LogP contribution is -2.52. The number of halogens is 1. The van der Waals surface area contributed by atoms with Gasteiger partial charge in [-0.1, -0.05) is 18.2 Å². The lowest BCUT2D eigenvalue weighted by Gasteiger charge is -2.37. The van der Waals surface area contributed by atoms with Crippen molar-refractivity contribution >= 4 is 11.6 Å². The molecule has 0 aromatic heterocycles. The Labute approximate surface area is 158 Å². The van der Waals surface area contributed by atoms with Gasteiger partial charge in [-0.05, 0) is 24.3 Å². The average molecular weight is 367 g/mol. The lowest BCUT2D eigenvalue weighted by molar-refractivity contribution is 0.369. The van der Waals surface area contributed by atoms with Crippen molar-refractivity contribution in [3.8, 4) is 11.8 Å². The zero-order chi connectivity index (χ0) is 19.2. The van der Waals surface area contributed by atoms with Gasteiger partial charge in [0.05, 0.1) is 17.3 Å². The highest BCUT2D eigenvalue weighted by Gasteiger charge is 2.21. The second-order valence-electron chi connectivity index (χ2n) is 6.28. The van der Waals surface area contributed by atoms with Crippen LogP contribution in [0, 0.1) is 17.1 Å². The molecule has 3 rings (SSSR count). The summed E-state index contributed by atoms with van der Waals surface area (Å²) in [5, 5.41) is 22.0. The Hall–Kier alpha value is -3.27. The fraction of sp³-hybridized carbons (Fsp3) is 0.300. The average Bonchev–Trinajstić information content (AvgIpc) is 2.70. The number of rotatable bonds is 3. The molecule has 1 heterocycles. The maximum absolute atomic E-state index is 14.0. The van der Waals surface area contributed by atoms with E-state index in [1.807, 2.05) is 24.3 Å². The molecule has 6 nitrogen and oxygen atoms in total. The Bertz CT molecular complexity index is 869. The van der Waals surface area contributed by atoms with Gasteiger partial charge in [0.1, 0.15) is 11.6 Å². The van der Waals surface area contributed by atoms with Crippen LogP contribution < -0.4 is 10.2 Å². The van der Waals surface area contributed by atoms with Gasteiger partial charge in [-0.3, -0.25) is 4.99 Å². The molecule has 1 saturated heterocycles. The summed E-state index contributed by atoms with van der Waals surface area (Å²) in [7, 11) is 1.70. The van der Waals surface area contributed by atoms with Crippen molar-refractivity contribution in [3.63, 3.8) is 0 Å². The Balaban J connectivity index is 1.58. The van der Waals surface area contributed by atoms with Crippen LogP contribution in [0.25, 0.3) is 0 Å². The van der Waals surface area contributed by atoms with E-state index < -0.39 is 5.82 Å². The molecule has 0 amide bonds. The van der Waals surface area contributed by atoms with Gasteiger partial charge in [-0.25, -0.2) is 4.39 Å². The minimum atomic E-state index is -0.402. The number of hydrogen-bond donors (Lipinski definition) is 2. The third-order valence-corrected chi connectivity index (χ3v) is 4.63. The number of phenolic OH excluding ortho intramolecular Hbond substituents is 1. The van der Waals surface area contributed by atoms with Crippen molar-refractivity contribution < 1.29 is 9.50 Å². The summed E-state index contributed by atoms with van der Waals surface area (Å²) in [6.07, 6.45) is 0. The van der Waals surface area contributed by atoms with Gasteiger partial charge in [-0.2, -0.15) is 5.26 Å². The molecule has 1 aliphatic heterocycles. The van der Waals surface area contributed by atoms with Crippen LogP contribution in [0.3, 0.4) is 0 Å². The van der Waals surface area contributed by atoms with Gasteiger partial charge < -0.3 is 20.2 Å². The van der Waals surface area contributed by atoms with E-state index in [4.69, 9.17) is 5.26 Å². The summed E-state index contributed by atoms with van der Waals surface area (Å²) in [5.41, 5.74) is 1.63. The number of hydrogen-bond acceptors (Lipinski definition) is 4. The van der Waals surface area contributed by atoms with Crippen molar-refractivity contribution in [1.82, 2.24) is 10.2 Å². The maximum atomic E-state index is 14.0. The molecule has 2 N–H and O–H groups in total. The molecule has 1 aliphatic rings. The standard InChI is InChI=1S/C20H22FN5O/c1-23-20(24-14-16-7-6-15(13-22)12-17(16)21)26-10-8-25(9-11-26)18-4-2-3-5-19(18)27/h2-7,12,27H,8-11,14H2,1H3,(H,23,24). The van der Waals surface area contributed by atoms with Gasteiger partial charge in [-0.15, -0.1) is 0 Å². The van der Waals surface area contributed by atoms with Crippen LogP contribution in [0.15, 0.2) is 47.5 Å². The fourth-order valence-electron chi connectivity index (χ4n) is 3.16. The molecule has 0 saturated carbocycles. The Morgan fingerprint density at radius 3 is 2.59 bits per heavy atom. The van der Waals surface area contributed by atoms with E-state index in [9.17, 15) is 9.50 Å². The van der Waals surface area contributed by atoms with Gasteiger partial charge in [0.2, 0.25) is 0 Å². The summed E-state index contributed by atoms with van der Waals surface area (Å²) in [6.45, 7) is 3.28. The minimum absolute atomic E-state index is 0.282. The first-order valence-corrected chi connectivity index (χ1v) is 8.79. The summed E-state index contributed by atoms with van der Waals surface area (Å²) in [6, 6.07) is 13.7. The predicted octanol–water partition coefficient (Wildman–Crippen LogP) is 2.30. The van der Waals surface area contributed by atoms with Gasteiger partial charge >= 0.3 is 0 Å². The van der Waals surface area contributed by atoms with Crippen molar-refractivity contribution in [2.24, 2.45) is 4.99 Å². The van der Waals surface area contributed by atoms with E-state index in [0.717, 1.165) is 31.9 Å². The van der Waals surface area contributed by atoms with Crippen LogP contribution in [-0.4, -0.2) is 49.2 Å². The molecule has 0 spiro atoms. The summed E-state index contributed by atoms with van der Waals surface area (Å²) in [4.78, 5) is 8.54. The summed E-state index contributed by atoms with van der Waals surface area (Å²) < 4.78 is 14.0. The zero-order valence-corrected chi connectivity index (χ0v) is 15.2. The quantitative estimate of drug-likeness (QED) is 0.643. The summed E-state index contributed by atoms with van der Waals surface area (Å²) in [5.74, 6) is 0.585. The minimum Gasteiger partial charge on any atom is -0.506 e. The van der Waals surface area contributed by atoms with Gasteiger partial charge in [0.25, 0.3) is 0 Å². The van der Waals surface area contributed by atoms with Gasteiger partial charge in [0, 0.05) is 45.3 Å². The second kappa shape index (κ2) is 8.41. The highest BCUT2D eigenvalue weighted by molar-refractivity contribution is 5.80. The SMILES string of the molecule is CN=C(NCc1ccc(C#N)cc1F)N1CCN(c2ccccc2O)CC1. The summed E-state index contributed by atoms with van der Waals surface area (Å²) >= 11 is 0. The van der Waals surface area contributed by atoms with Crippen LogP contribution >= 0.6 is 0 Å². The van der Waals surface area contributed by atoms with E-state index in [-0.39, 0.29) is 5.75 Å². The number of phenols is 1. The molecular formula is C20H22FN5O. The number of piperazine rings is 1. The van der Waals surface area contributed by atoms with Crippen molar-refractivity contribution in [1.29, 1.82) is 5.26 Å². The first-order valence-electron chi connectivity index (χ1n) is 8.79. The molecule has 2 aromatic carbocycles. The smallest absolute Gasteiger partial charge is 0.194 e. The maximum Gasteiger partial charge on any atom is 0.194 e. The number of nitrogens with zero attached hydrogens (tertiary/aromatic N) is 4. The normalized spacial score (nSPS) is 14.8. The molecule has 0 radical (unpaired) electrons. The predicted molar refractivity (Wildman–Crippen MR) is 103 cm³/mol. The Morgan fingerprint density at radius 1 is 1.22 bits per heavy atom. The monoisotopic (exact) mass is 367 g/mol. The number of aromatic hydroxyl groups is 1. The highest BCUT2D eigenvalue weighted by atomic mass is 19.1. The third kappa shape index (κ3) is 4.29. The van der Waals surface area contributed by atoms with Crippen LogP contribution in [0.1, 0.15) is 11.1 Å². The number of aliphatic imine (C=N–C) groups is 1. The van der Waals surface area contributed by atoms with E-state index in [2.05, 4.69) is 20.1 Å². The van der Waals surface area contributed by atoms with Crippen molar-refractivity contribution in [2.45, 2.75) is 6.54 Å². The third-order valence-electron chi connectivity index (χ3n) is 4.63. The number of benzene rings is 2. The molecule has 0 atom stereocenters. The number of para-hydroxylation sites is 2. The molecule has 140 valence electrons. The number of guanidine groups is 1. The largest absolute Gasteiger partial charge is 0.506 e.